The molecule has 2 N–H and O–H groups in total. The number of aliphatic hydroxyl groups is 1. The minimum absolute atomic E-state index is 0.0741. The van der Waals surface area contributed by atoms with E-state index >= 15 is 0 Å². The third-order valence-electron chi connectivity index (χ3n) is 3.90. The largest absolute Gasteiger partial charge is 0.388 e. The van der Waals surface area contributed by atoms with Gasteiger partial charge in [-0.25, -0.2) is 0 Å². The van der Waals surface area contributed by atoms with Crippen LogP contribution in [0.1, 0.15) is 44.9 Å². The molecule has 5 heteroatoms. The molecule has 2 rings (SSSR count). The Morgan fingerprint density at radius 2 is 2.06 bits per heavy atom. The summed E-state index contributed by atoms with van der Waals surface area (Å²) in [5.41, 5.74) is -0.696. The first-order chi connectivity index (χ1) is 8.59. The van der Waals surface area contributed by atoms with Crippen molar-refractivity contribution in [1.82, 2.24) is 10.2 Å². The number of nitrogens with one attached hydrogen (secondary N) is 1. The van der Waals surface area contributed by atoms with Crippen LogP contribution in [0.5, 0.6) is 0 Å². The van der Waals surface area contributed by atoms with Crippen LogP contribution >= 0.6 is 0 Å². The van der Waals surface area contributed by atoms with Crippen molar-refractivity contribution in [3.8, 4) is 0 Å². The van der Waals surface area contributed by atoms with Gasteiger partial charge in [0.15, 0.2) is 0 Å². The molecule has 1 aliphatic carbocycles. The van der Waals surface area contributed by atoms with Gasteiger partial charge in [0.05, 0.1) is 12.1 Å². The molecule has 1 heterocycles. The lowest BCUT2D eigenvalue weighted by Crippen LogP contribution is -2.50. The Balaban J connectivity index is 1.73. The Morgan fingerprint density at radius 3 is 2.72 bits per heavy atom. The van der Waals surface area contributed by atoms with E-state index in [0.717, 1.165) is 38.5 Å². The van der Waals surface area contributed by atoms with E-state index in [1.165, 1.54) is 0 Å². The third kappa shape index (κ3) is 3.45. The molecule has 2 fully saturated rings. The third-order valence-corrected chi connectivity index (χ3v) is 3.90. The quantitative estimate of drug-likeness (QED) is 0.764. The van der Waals surface area contributed by atoms with Gasteiger partial charge in [-0.1, -0.05) is 6.42 Å². The Labute approximate surface area is 108 Å². The highest BCUT2D eigenvalue weighted by atomic mass is 16.3. The second-order valence-electron chi connectivity index (χ2n) is 5.48. The van der Waals surface area contributed by atoms with Crippen molar-refractivity contribution in [2.75, 3.05) is 19.6 Å². The maximum Gasteiger partial charge on any atom is 0.239 e. The molecule has 2 aliphatic rings. The van der Waals surface area contributed by atoms with Crippen molar-refractivity contribution in [2.24, 2.45) is 0 Å². The highest BCUT2D eigenvalue weighted by Gasteiger charge is 2.34. The van der Waals surface area contributed by atoms with Crippen molar-refractivity contribution in [3.63, 3.8) is 0 Å². The fourth-order valence-corrected chi connectivity index (χ4v) is 2.46. The zero-order valence-electron chi connectivity index (χ0n) is 10.8. The van der Waals surface area contributed by atoms with Gasteiger partial charge in [-0.15, -0.1) is 0 Å². The maximum absolute atomic E-state index is 11.7. The highest BCUT2D eigenvalue weighted by molar-refractivity contribution is 5.84. The maximum atomic E-state index is 11.7. The molecule has 102 valence electrons. The summed E-state index contributed by atoms with van der Waals surface area (Å²) >= 11 is 0. The van der Waals surface area contributed by atoms with Crippen LogP contribution in [0.4, 0.5) is 0 Å². The van der Waals surface area contributed by atoms with Crippen LogP contribution in [-0.4, -0.2) is 47.1 Å². The van der Waals surface area contributed by atoms with Gasteiger partial charge in [-0.3, -0.25) is 9.59 Å². The molecule has 18 heavy (non-hydrogen) atoms. The number of likely N-dealkylation sites (tertiary alicyclic amines) is 1. The zero-order chi connectivity index (χ0) is 13.0. The molecule has 0 bridgehead atoms. The van der Waals surface area contributed by atoms with E-state index < -0.39 is 5.60 Å². The molecule has 1 saturated heterocycles. The molecule has 0 aromatic rings. The Morgan fingerprint density at radius 1 is 1.28 bits per heavy atom. The first-order valence-corrected chi connectivity index (χ1v) is 6.86. The van der Waals surface area contributed by atoms with E-state index in [2.05, 4.69) is 5.32 Å². The number of hydrogen-bond acceptors (Lipinski definition) is 3. The van der Waals surface area contributed by atoms with Crippen molar-refractivity contribution >= 4 is 11.8 Å². The molecule has 0 atom stereocenters. The Hall–Kier alpha value is -1.10. The number of amides is 2. The summed E-state index contributed by atoms with van der Waals surface area (Å²) in [5.74, 6) is -0.0874. The standard InChI is InChI=1S/C13H22N2O3/c16-11(14-10-13(18)6-4-7-13)9-15-8-3-1-2-5-12(15)17/h18H,1-10H2,(H,14,16). The van der Waals surface area contributed by atoms with E-state index in [-0.39, 0.29) is 18.4 Å². The lowest BCUT2D eigenvalue weighted by Gasteiger charge is -2.36. The van der Waals surface area contributed by atoms with Crippen LogP contribution in [0, 0.1) is 0 Å². The number of nitrogens with zero attached hydrogens (tertiary/aromatic N) is 1. The van der Waals surface area contributed by atoms with Gasteiger partial charge < -0.3 is 15.3 Å². The number of hydrogen-bond donors (Lipinski definition) is 2. The fourth-order valence-electron chi connectivity index (χ4n) is 2.46. The summed E-state index contributed by atoms with van der Waals surface area (Å²) in [6.45, 7) is 1.12. The van der Waals surface area contributed by atoms with Crippen LogP contribution in [0.3, 0.4) is 0 Å². The first kappa shape index (κ1) is 13.3. The van der Waals surface area contributed by atoms with Crippen molar-refractivity contribution in [3.05, 3.63) is 0 Å². The van der Waals surface area contributed by atoms with E-state index in [9.17, 15) is 14.7 Å². The number of carbonyl (C=O) groups is 2. The van der Waals surface area contributed by atoms with Crippen LogP contribution in [0.15, 0.2) is 0 Å². The summed E-state index contributed by atoms with van der Waals surface area (Å²) in [7, 11) is 0. The van der Waals surface area contributed by atoms with Crippen molar-refractivity contribution in [2.45, 2.75) is 50.5 Å². The predicted octanol–water partition coefficient (Wildman–Crippen LogP) is 0.420. The van der Waals surface area contributed by atoms with E-state index in [4.69, 9.17) is 0 Å². The Bertz CT molecular complexity index is 326. The molecule has 0 aromatic heterocycles. The minimum atomic E-state index is -0.696. The summed E-state index contributed by atoms with van der Waals surface area (Å²) in [5, 5.41) is 12.6. The molecule has 0 unspecified atom stereocenters. The van der Waals surface area contributed by atoms with Crippen molar-refractivity contribution < 1.29 is 14.7 Å². The van der Waals surface area contributed by atoms with Gasteiger partial charge in [0.1, 0.15) is 0 Å². The monoisotopic (exact) mass is 254 g/mol. The smallest absolute Gasteiger partial charge is 0.239 e. The molecular weight excluding hydrogens is 232 g/mol. The van der Waals surface area contributed by atoms with E-state index in [0.29, 0.717) is 19.5 Å². The minimum Gasteiger partial charge on any atom is -0.388 e. The average Bonchev–Trinajstić information content (AvgIpc) is 2.50. The van der Waals surface area contributed by atoms with Gasteiger partial charge >= 0.3 is 0 Å². The summed E-state index contributed by atoms with van der Waals surface area (Å²) in [4.78, 5) is 25.1. The highest BCUT2D eigenvalue weighted by Crippen LogP contribution is 2.30. The fraction of sp³-hybridized carbons (Fsp3) is 0.846. The van der Waals surface area contributed by atoms with E-state index in [1.54, 1.807) is 4.90 Å². The molecule has 1 saturated carbocycles. The van der Waals surface area contributed by atoms with E-state index in [1.807, 2.05) is 0 Å². The summed E-state index contributed by atoms with van der Waals surface area (Å²) < 4.78 is 0. The SMILES string of the molecule is O=C(CN1CCCCCC1=O)NCC1(O)CCC1. The lowest BCUT2D eigenvalue weighted by atomic mass is 9.80. The van der Waals surface area contributed by atoms with Crippen LogP contribution in [0.25, 0.3) is 0 Å². The molecule has 1 aliphatic heterocycles. The molecule has 0 aromatic carbocycles. The molecule has 5 nitrogen and oxygen atoms in total. The first-order valence-electron chi connectivity index (χ1n) is 6.86. The zero-order valence-corrected chi connectivity index (χ0v) is 10.8. The molecular formula is C13H22N2O3. The van der Waals surface area contributed by atoms with Gasteiger partial charge in [0.25, 0.3) is 0 Å². The summed E-state index contributed by atoms with van der Waals surface area (Å²) in [6, 6.07) is 0. The molecule has 0 radical (unpaired) electrons. The van der Waals surface area contributed by atoms with Gasteiger partial charge in [0.2, 0.25) is 11.8 Å². The molecule has 2 amide bonds. The number of rotatable bonds is 4. The van der Waals surface area contributed by atoms with Crippen LogP contribution in [0.2, 0.25) is 0 Å². The van der Waals surface area contributed by atoms with Crippen LogP contribution in [-0.2, 0) is 9.59 Å². The molecule has 0 spiro atoms. The summed E-state index contributed by atoms with van der Waals surface area (Å²) in [6.07, 6.45) is 6.06. The van der Waals surface area contributed by atoms with Crippen LogP contribution < -0.4 is 5.32 Å². The van der Waals surface area contributed by atoms with Gasteiger partial charge in [-0.05, 0) is 32.1 Å². The normalized spacial score (nSPS) is 23.2. The topological polar surface area (TPSA) is 69.6 Å². The second-order valence-corrected chi connectivity index (χ2v) is 5.48. The second kappa shape index (κ2) is 5.69. The lowest BCUT2D eigenvalue weighted by molar-refractivity contribution is -0.136. The van der Waals surface area contributed by atoms with Gasteiger partial charge in [-0.2, -0.15) is 0 Å². The number of carbonyl (C=O) groups excluding carboxylic acids is 2. The van der Waals surface area contributed by atoms with Gasteiger partial charge in [0, 0.05) is 19.5 Å². The van der Waals surface area contributed by atoms with Crippen molar-refractivity contribution in [1.29, 1.82) is 0 Å². The predicted molar refractivity (Wildman–Crippen MR) is 66.9 cm³/mol. The Kier molecular flexibility index (Phi) is 4.22. The average molecular weight is 254 g/mol.